The van der Waals surface area contributed by atoms with Crippen LogP contribution in [0.5, 0.6) is 0 Å². The maximum absolute atomic E-state index is 12.2. The molecule has 1 saturated carbocycles. The summed E-state index contributed by atoms with van der Waals surface area (Å²) >= 11 is 0. The fourth-order valence-corrected chi connectivity index (χ4v) is 3.54. The first-order valence-corrected chi connectivity index (χ1v) is 7.82. The van der Waals surface area contributed by atoms with Gasteiger partial charge in [0.15, 0.2) is 0 Å². The van der Waals surface area contributed by atoms with Gasteiger partial charge in [0, 0.05) is 25.1 Å². The number of aliphatic hydroxyl groups excluding tert-OH is 1. The third kappa shape index (κ3) is 4.18. The van der Waals surface area contributed by atoms with E-state index in [1.165, 1.54) is 12.8 Å². The summed E-state index contributed by atoms with van der Waals surface area (Å²) < 4.78 is 0. The lowest BCUT2D eigenvalue weighted by atomic mass is 9.79. The van der Waals surface area contributed by atoms with Crippen molar-refractivity contribution in [3.63, 3.8) is 0 Å². The van der Waals surface area contributed by atoms with Crippen LogP contribution in [0.2, 0.25) is 0 Å². The van der Waals surface area contributed by atoms with Crippen molar-refractivity contribution in [3.8, 4) is 0 Å². The van der Waals surface area contributed by atoms with Gasteiger partial charge in [0.2, 0.25) is 5.91 Å². The monoisotopic (exact) mass is 268 g/mol. The Bertz CT molecular complexity index is 296. The second kappa shape index (κ2) is 7.25. The Kier molecular flexibility index (Phi) is 5.64. The largest absolute Gasteiger partial charge is 0.396 e. The van der Waals surface area contributed by atoms with Crippen LogP contribution in [0.15, 0.2) is 0 Å². The first-order chi connectivity index (χ1) is 9.20. The highest BCUT2D eigenvalue weighted by Gasteiger charge is 2.28. The van der Waals surface area contributed by atoms with Crippen LogP contribution in [-0.2, 0) is 4.79 Å². The highest BCUT2D eigenvalue weighted by molar-refractivity contribution is 5.78. The minimum atomic E-state index is 0.174. The Balaban J connectivity index is 1.75. The van der Waals surface area contributed by atoms with Crippen LogP contribution in [0.4, 0.5) is 0 Å². The third-order valence-electron chi connectivity index (χ3n) is 4.83. The SMILES string of the molecule is CC1CC(C(=O)NCC2CCCCC2CO)CCN1. The van der Waals surface area contributed by atoms with E-state index in [0.717, 1.165) is 38.8 Å². The molecule has 1 aliphatic heterocycles. The molecule has 110 valence electrons. The van der Waals surface area contributed by atoms with E-state index in [9.17, 15) is 9.90 Å². The molecular formula is C15H28N2O2. The van der Waals surface area contributed by atoms with Crippen LogP contribution in [0.3, 0.4) is 0 Å². The van der Waals surface area contributed by atoms with Gasteiger partial charge < -0.3 is 15.7 Å². The van der Waals surface area contributed by atoms with Gasteiger partial charge in [-0.2, -0.15) is 0 Å². The van der Waals surface area contributed by atoms with E-state index in [1.807, 2.05) is 0 Å². The first-order valence-electron chi connectivity index (χ1n) is 7.82. The van der Waals surface area contributed by atoms with E-state index < -0.39 is 0 Å². The van der Waals surface area contributed by atoms with Crippen molar-refractivity contribution >= 4 is 5.91 Å². The molecule has 0 aromatic carbocycles. The Morgan fingerprint density at radius 3 is 2.68 bits per heavy atom. The third-order valence-corrected chi connectivity index (χ3v) is 4.83. The second-order valence-electron chi connectivity index (χ2n) is 6.31. The minimum absolute atomic E-state index is 0.174. The van der Waals surface area contributed by atoms with Gasteiger partial charge in [-0.05, 0) is 51.0 Å². The van der Waals surface area contributed by atoms with Crippen molar-refractivity contribution in [2.75, 3.05) is 19.7 Å². The summed E-state index contributed by atoms with van der Waals surface area (Å²) in [6.07, 6.45) is 6.61. The van der Waals surface area contributed by atoms with Gasteiger partial charge in [0.25, 0.3) is 0 Å². The lowest BCUT2D eigenvalue weighted by molar-refractivity contribution is -0.126. The van der Waals surface area contributed by atoms with Crippen LogP contribution in [-0.4, -0.2) is 36.8 Å². The number of hydrogen-bond acceptors (Lipinski definition) is 3. The van der Waals surface area contributed by atoms with E-state index in [0.29, 0.717) is 17.9 Å². The summed E-state index contributed by atoms with van der Waals surface area (Å²) in [5.74, 6) is 1.26. The van der Waals surface area contributed by atoms with Crippen molar-refractivity contribution < 1.29 is 9.90 Å². The summed E-state index contributed by atoms with van der Waals surface area (Å²) in [6, 6.07) is 0.448. The zero-order valence-corrected chi connectivity index (χ0v) is 12.0. The molecule has 2 rings (SSSR count). The number of rotatable bonds is 4. The normalized spacial score (nSPS) is 35.9. The number of aliphatic hydroxyl groups is 1. The molecule has 19 heavy (non-hydrogen) atoms. The standard InChI is InChI=1S/C15H28N2O2/c1-11-8-12(6-7-16-11)15(19)17-9-13-4-2-3-5-14(13)10-18/h11-14,16,18H,2-10H2,1H3,(H,17,19). The number of nitrogens with one attached hydrogen (secondary N) is 2. The predicted octanol–water partition coefficient (Wildman–Crippen LogP) is 1.29. The van der Waals surface area contributed by atoms with Crippen molar-refractivity contribution in [1.82, 2.24) is 10.6 Å². The molecule has 0 aromatic rings. The molecule has 4 unspecified atom stereocenters. The van der Waals surface area contributed by atoms with Gasteiger partial charge >= 0.3 is 0 Å². The predicted molar refractivity (Wildman–Crippen MR) is 75.7 cm³/mol. The van der Waals surface area contributed by atoms with E-state index >= 15 is 0 Å². The Morgan fingerprint density at radius 2 is 2.00 bits per heavy atom. The second-order valence-corrected chi connectivity index (χ2v) is 6.31. The van der Waals surface area contributed by atoms with E-state index in [-0.39, 0.29) is 18.4 Å². The number of carbonyl (C=O) groups is 1. The summed E-state index contributed by atoms with van der Waals surface area (Å²) in [7, 11) is 0. The molecule has 4 nitrogen and oxygen atoms in total. The fourth-order valence-electron chi connectivity index (χ4n) is 3.54. The molecule has 4 atom stereocenters. The highest BCUT2D eigenvalue weighted by Crippen LogP contribution is 2.29. The Labute approximate surface area is 116 Å². The molecule has 0 radical (unpaired) electrons. The highest BCUT2D eigenvalue weighted by atomic mass is 16.3. The van der Waals surface area contributed by atoms with Gasteiger partial charge in [0.1, 0.15) is 0 Å². The number of amides is 1. The molecule has 2 fully saturated rings. The molecule has 3 N–H and O–H groups in total. The van der Waals surface area contributed by atoms with Crippen molar-refractivity contribution in [2.24, 2.45) is 17.8 Å². The van der Waals surface area contributed by atoms with Crippen LogP contribution < -0.4 is 10.6 Å². The van der Waals surface area contributed by atoms with Gasteiger partial charge in [-0.25, -0.2) is 0 Å². The number of carbonyl (C=O) groups excluding carboxylic acids is 1. The van der Waals surface area contributed by atoms with Gasteiger partial charge in [0.05, 0.1) is 0 Å². The first kappa shape index (κ1) is 14.8. The maximum Gasteiger partial charge on any atom is 0.223 e. The number of hydrogen-bond donors (Lipinski definition) is 3. The summed E-state index contributed by atoms with van der Waals surface area (Å²) in [5, 5.41) is 15.9. The molecule has 2 aliphatic rings. The topological polar surface area (TPSA) is 61.4 Å². The van der Waals surface area contributed by atoms with Crippen LogP contribution in [0, 0.1) is 17.8 Å². The molecule has 0 aromatic heterocycles. The average molecular weight is 268 g/mol. The molecule has 0 bridgehead atoms. The Hall–Kier alpha value is -0.610. The molecule has 0 spiro atoms. The van der Waals surface area contributed by atoms with Crippen molar-refractivity contribution in [2.45, 2.75) is 51.5 Å². The maximum atomic E-state index is 12.2. The van der Waals surface area contributed by atoms with Crippen LogP contribution in [0.1, 0.15) is 45.4 Å². The van der Waals surface area contributed by atoms with Crippen LogP contribution >= 0.6 is 0 Å². The fraction of sp³-hybridized carbons (Fsp3) is 0.933. The zero-order valence-electron chi connectivity index (χ0n) is 12.0. The summed E-state index contributed by atoms with van der Waals surface area (Å²) in [4.78, 5) is 12.2. The van der Waals surface area contributed by atoms with Gasteiger partial charge in [-0.1, -0.05) is 12.8 Å². The lowest BCUT2D eigenvalue weighted by Gasteiger charge is -2.32. The van der Waals surface area contributed by atoms with E-state index in [2.05, 4.69) is 17.6 Å². The molecule has 1 aliphatic carbocycles. The molecule has 1 heterocycles. The lowest BCUT2D eigenvalue weighted by Crippen LogP contribution is -2.44. The van der Waals surface area contributed by atoms with Crippen LogP contribution in [0.25, 0.3) is 0 Å². The van der Waals surface area contributed by atoms with E-state index in [4.69, 9.17) is 0 Å². The molecule has 1 amide bonds. The quantitative estimate of drug-likeness (QED) is 0.720. The Morgan fingerprint density at radius 1 is 1.26 bits per heavy atom. The van der Waals surface area contributed by atoms with Gasteiger partial charge in [-0.3, -0.25) is 4.79 Å². The number of piperidine rings is 1. The molecular weight excluding hydrogens is 240 g/mol. The van der Waals surface area contributed by atoms with E-state index in [1.54, 1.807) is 0 Å². The van der Waals surface area contributed by atoms with Gasteiger partial charge in [-0.15, -0.1) is 0 Å². The average Bonchev–Trinajstić information content (AvgIpc) is 2.45. The molecule has 4 heteroatoms. The van der Waals surface area contributed by atoms with Crippen molar-refractivity contribution in [1.29, 1.82) is 0 Å². The zero-order chi connectivity index (χ0) is 13.7. The minimum Gasteiger partial charge on any atom is -0.396 e. The summed E-state index contributed by atoms with van der Waals surface area (Å²) in [5.41, 5.74) is 0. The smallest absolute Gasteiger partial charge is 0.223 e. The van der Waals surface area contributed by atoms with Crippen molar-refractivity contribution in [3.05, 3.63) is 0 Å². The summed E-state index contributed by atoms with van der Waals surface area (Å²) in [6.45, 7) is 4.11. The molecule has 1 saturated heterocycles.